The first-order valence-corrected chi connectivity index (χ1v) is 4.75. The van der Waals surface area contributed by atoms with Crippen molar-refractivity contribution >= 4 is 0 Å². The van der Waals surface area contributed by atoms with E-state index in [4.69, 9.17) is 5.73 Å². The molecular formula is C10H13N5. The molecule has 0 saturated carbocycles. The Morgan fingerprint density at radius 3 is 2.47 bits per heavy atom. The first-order chi connectivity index (χ1) is 7.19. The maximum absolute atomic E-state index is 5.51. The van der Waals surface area contributed by atoms with Crippen LogP contribution in [0.4, 0.5) is 0 Å². The molecule has 78 valence electrons. The summed E-state index contributed by atoms with van der Waals surface area (Å²) in [6.45, 7) is 4.35. The van der Waals surface area contributed by atoms with E-state index in [2.05, 4.69) is 15.1 Å². The van der Waals surface area contributed by atoms with Crippen LogP contribution in [0, 0.1) is 13.8 Å². The van der Waals surface area contributed by atoms with Crippen molar-refractivity contribution in [3.05, 3.63) is 35.4 Å². The molecule has 15 heavy (non-hydrogen) atoms. The second kappa shape index (κ2) is 3.78. The van der Waals surface area contributed by atoms with E-state index in [0.717, 1.165) is 17.0 Å². The highest BCUT2D eigenvalue weighted by molar-refractivity contribution is 5.19. The zero-order valence-electron chi connectivity index (χ0n) is 8.81. The lowest BCUT2D eigenvalue weighted by Crippen LogP contribution is -2.04. The molecule has 5 nitrogen and oxygen atoms in total. The van der Waals surface area contributed by atoms with Crippen molar-refractivity contribution in [2.24, 2.45) is 5.73 Å². The summed E-state index contributed by atoms with van der Waals surface area (Å²) in [5.41, 5.74) is 8.34. The van der Waals surface area contributed by atoms with Crippen LogP contribution < -0.4 is 5.73 Å². The Morgan fingerprint density at radius 1 is 1.27 bits per heavy atom. The van der Waals surface area contributed by atoms with Crippen LogP contribution in [0.1, 0.15) is 17.0 Å². The number of aryl methyl sites for hydroxylation is 2. The van der Waals surface area contributed by atoms with E-state index in [9.17, 15) is 0 Å². The molecular weight excluding hydrogens is 190 g/mol. The number of nitrogens with two attached hydrogens (primary N) is 1. The summed E-state index contributed by atoms with van der Waals surface area (Å²) in [6.07, 6.45) is 3.56. The number of aromatic nitrogens is 4. The summed E-state index contributed by atoms with van der Waals surface area (Å²) < 4.78 is 1.64. The molecule has 0 fully saturated rings. The SMILES string of the molecule is Cc1cc(C)nc(-n2cc(CN)cn2)n1. The topological polar surface area (TPSA) is 69.6 Å². The van der Waals surface area contributed by atoms with Crippen molar-refractivity contribution in [1.29, 1.82) is 0 Å². The van der Waals surface area contributed by atoms with Crippen LogP contribution in [-0.4, -0.2) is 19.7 Å². The van der Waals surface area contributed by atoms with Crippen LogP contribution in [0.15, 0.2) is 18.5 Å². The second-order valence-corrected chi connectivity index (χ2v) is 3.45. The van der Waals surface area contributed by atoms with Crippen molar-refractivity contribution in [2.75, 3.05) is 0 Å². The first kappa shape index (κ1) is 9.79. The largest absolute Gasteiger partial charge is 0.326 e. The molecule has 2 aromatic heterocycles. The van der Waals surface area contributed by atoms with E-state index in [1.165, 1.54) is 0 Å². The van der Waals surface area contributed by atoms with Crippen LogP contribution in [-0.2, 0) is 6.54 Å². The van der Waals surface area contributed by atoms with Gasteiger partial charge in [-0.3, -0.25) is 0 Å². The molecule has 0 spiro atoms. The lowest BCUT2D eigenvalue weighted by Gasteiger charge is -2.01. The average molecular weight is 203 g/mol. The highest BCUT2D eigenvalue weighted by Crippen LogP contribution is 2.05. The zero-order chi connectivity index (χ0) is 10.8. The van der Waals surface area contributed by atoms with Crippen molar-refractivity contribution in [1.82, 2.24) is 19.7 Å². The maximum atomic E-state index is 5.51. The lowest BCUT2D eigenvalue weighted by atomic mass is 10.3. The van der Waals surface area contributed by atoms with Crippen molar-refractivity contribution < 1.29 is 0 Å². The molecule has 5 heteroatoms. The Labute approximate surface area is 88.0 Å². The smallest absolute Gasteiger partial charge is 0.250 e. The fourth-order valence-electron chi connectivity index (χ4n) is 1.38. The second-order valence-electron chi connectivity index (χ2n) is 3.45. The zero-order valence-corrected chi connectivity index (χ0v) is 8.81. The Balaban J connectivity index is 2.44. The fourth-order valence-corrected chi connectivity index (χ4v) is 1.38. The Hall–Kier alpha value is -1.75. The van der Waals surface area contributed by atoms with Gasteiger partial charge in [-0.25, -0.2) is 14.6 Å². The summed E-state index contributed by atoms with van der Waals surface area (Å²) in [5.74, 6) is 0.590. The summed E-state index contributed by atoms with van der Waals surface area (Å²) in [7, 11) is 0. The minimum atomic E-state index is 0.477. The maximum Gasteiger partial charge on any atom is 0.250 e. The molecule has 0 aliphatic rings. The number of nitrogens with zero attached hydrogens (tertiary/aromatic N) is 4. The van der Waals surface area contributed by atoms with E-state index in [1.54, 1.807) is 10.9 Å². The third kappa shape index (κ3) is 2.02. The quantitative estimate of drug-likeness (QED) is 0.781. The molecule has 0 aliphatic heterocycles. The molecule has 2 rings (SSSR count). The van der Waals surface area contributed by atoms with Gasteiger partial charge in [0.25, 0.3) is 5.95 Å². The van der Waals surface area contributed by atoms with Gasteiger partial charge in [0, 0.05) is 29.7 Å². The minimum absolute atomic E-state index is 0.477. The van der Waals surface area contributed by atoms with E-state index < -0.39 is 0 Å². The standard InChI is InChI=1S/C10H13N5/c1-7-3-8(2)14-10(13-7)15-6-9(4-11)5-12-15/h3,5-6H,4,11H2,1-2H3. The van der Waals surface area contributed by atoms with Gasteiger partial charge in [-0.15, -0.1) is 0 Å². The summed E-state index contributed by atoms with van der Waals surface area (Å²) >= 11 is 0. The normalized spacial score (nSPS) is 10.6. The van der Waals surface area contributed by atoms with Crippen LogP contribution >= 0.6 is 0 Å². The predicted molar refractivity (Wildman–Crippen MR) is 56.5 cm³/mol. The highest BCUT2D eigenvalue weighted by Gasteiger charge is 2.03. The predicted octanol–water partition coefficient (Wildman–Crippen LogP) is 0.738. The van der Waals surface area contributed by atoms with Crippen LogP contribution in [0.25, 0.3) is 5.95 Å². The Bertz CT molecular complexity index is 454. The average Bonchev–Trinajstić information content (AvgIpc) is 2.64. The third-order valence-corrected chi connectivity index (χ3v) is 2.05. The Kier molecular flexibility index (Phi) is 2.47. The molecule has 0 aliphatic carbocycles. The van der Waals surface area contributed by atoms with Gasteiger partial charge in [0.05, 0.1) is 6.20 Å². The molecule has 0 atom stereocenters. The number of rotatable bonds is 2. The van der Waals surface area contributed by atoms with E-state index in [0.29, 0.717) is 12.5 Å². The molecule has 2 heterocycles. The van der Waals surface area contributed by atoms with Gasteiger partial charge in [-0.05, 0) is 19.9 Å². The van der Waals surface area contributed by atoms with Crippen molar-refractivity contribution in [3.63, 3.8) is 0 Å². The summed E-state index contributed by atoms with van der Waals surface area (Å²) in [6, 6.07) is 1.93. The van der Waals surface area contributed by atoms with E-state index in [1.807, 2.05) is 26.1 Å². The monoisotopic (exact) mass is 203 g/mol. The van der Waals surface area contributed by atoms with Gasteiger partial charge in [-0.2, -0.15) is 5.10 Å². The third-order valence-electron chi connectivity index (χ3n) is 2.05. The minimum Gasteiger partial charge on any atom is -0.326 e. The van der Waals surface area contributed by atoms with E-state index in [-0.39, 0.29) is 0 Å². The van der Waals surface area contributed by atoms with Gasteiger partial charge >= 0.3 is 0 Å². The van der Waals surface area contributed by atoms with Gasteiger partial charge in [0.1, 0.15) is 0 Å². The molecule has 2 aromatic rings. The summed E-state index contributed by atoms with van der Waals surface area (Å²) in [5, 5.41) is 4.15. The molecule has 0 saturated heterocycles. The van der Waals surface area contributed by atoms with E-state index >= 15 is 0 Å². The fraction of sp³-hybridized carbons (Fsp3) is 0.300. The molecule has 0 radical (unpaired) electrons. The lowest BCUT2D eigenvalue weighted by molar-refractivity contribution is 0.793. The van der Waals surface area contributed by atoms with Crippen molar-refractivity contribution in [2.45, 2.75) is 20.4 Å². The molecule has 0 bridgehead atoms. The number of hydrogen-bond donors (Lipinski definition) is 1. The van der Waals surface area contributed by atoms with Gasteiger partial charge in [-0.1, -0.05) is 0 Å². The first-order valence-electron chi connectivity index (χ1n) is 4.75. The van der Waals surface area contributed by atoms with Crippen LogP contribution in [0.2, 0.25) is 0 Å². The van der Waals surface area contributed by atoms with Crippen LogP contribution in [0.3, 0.4) is 0 Å². The number of hydrogen-bond acceptors (Lipinski definition) is 4. The van der Waals surface area contributed by atoms with Gasteiger partial charge < -0.3 is 5.73 Å². The molecule has 0 aromatic carbocycles. The highest BCUT2D eigenvalue weighted by atomic mass is 15.3. The van der Waals surface area contributed by atoms with Crippen molar-refractivity contribution in [3.8, 4) is 5.95 Å². The molecule has 0 unspecified atom stereocenters. The summed E-state index contributed by atoms with van der Waals surface area (Å²) in [4.78, 5) is 8.60. The Morgan fingerprint density at radius 2 is 1.93 bits per heavy atom. The van der Waals surface area contributed by atoms with Crippen LogP contribution in [0.5, 0.6) is 0 Å². The molecule has 2 N–H and O–H groups in total. The van der Waals surface area contributed by atoms with Gasteiger partial charge in [0.15, 0.2) is 0 Å². The van der Waals surface area contributed by atoms with Gasteiger partial charge in [0.2, 0.25) is 0 Å². The molecule has 0 amide bonds.